The zero-order valence-corrected chi connectivity index (χ0v) is 23.1. The highest BCUT2D eigenvalue weighted by atomic mass is 35.5. The highest BCUT2D eigenvalue weighted by molar-refractivity contribution is 7.90. The maximum absolute atomic E-state index is 12.4. The van der Waals surface area contributed by atoms with Gasteiger partial charge in [0.2, 0.25) is 0 Å². The Morgan fingerprint density at radius 3 is 2.03 bits per heavy atom. The number of ether oxygens (including phenoxy) is 2. The van der Waals surface area contributed by atoms with E-state index in [1.807, 2.05) is 4.72 Å². The predicted octanol–water partition coefficient (Wildman–Crippen LogP) is 4.41. The number of halogens is 2. The summed E-state index contributed by atoms with van der Waals surface area (Å²) in [6, 6.07) is 14.8. The highest BCUT2D eigenvalue weighted by Crippen LogP contribution is 2.33. The van der Waals surface area contributed by atoms with Gasteiger partial charge < -0.3 is 19.9 Å². The van der Waals surface area contributed by atoms with Crippen LogP contribution in [0, 0.1) is 0 Å². The number of benzene rings is 3. The Labute approximate surface area is 234 Å². The van der Waals surface area contributed by atoms with Crippen LogP contribution in [0.4, 0.5) is 0 Å². The first-order valence-electron chi connectivity index (χ1n) is 11.3. The van der Waals surface area contributed by atoms with Crippen LogP contribution in [0.1, 0.15) is 43.9 Å². The number of carboxylic acid groups (broad SMARTS) is 1. The molecular weight excluding hydrogens is 571 g/mol. The summed E-state index contributed by atoms with van der Waals surface area (Å²) >= 11 is 11.4. The Morgan fingerprint density at radius 2 is 1.49 bits per heavy atom. The molecule has 206 valence electrons. The van der Waals surface area contributed by atoms with E-state index in [-0.39, 0.29) is 49.5 Å². The maximum atomic E-state index is 12.4. The van der Waals surface area contributed by atoms with Gasteiger partial charge in [0.15, 0.2) is 5.75 Å². The molecule has 13 heteroatoms. The van der Waals surface area contributed by atoms with Gasteiger partial charge in [0.25, 0.3) is 21.8 Å². The zero-order valence-electron chi connectivity index (χ0n) is 20.7. The monoisotopic (exact) mass is 594 g/mol. The lowest BCUT2D eigenvalue weighted by molar-refractivity contribution is 0.0693. The smallest absolute Gasteiger partial charge is 0.341 e. The average Bonchev–Trinajstić information content (AvgIpc) is 3.73. The van der Waals surface area contributed by atoms with E-state index in [4.69, 9.17) is 37.8 Å². The third-order valence-corrected chi connectivity index (χ3v) is 7.35. The van der Waals surface area contributed by atoms with E-state index < -0.39 is 21.9 Å². The number of nitrogens with one attached hydrogen (secondary N) is 2. The summed E-state index contributed by atoms with van der Waals surface area (Å²) in [5.41, 5.74) is 0.363. The number of hydrogen-bond donors (Lipinski definition) is 3. The van der Waals surface area contributed by atoms with Gasteiger partial charge in [0, 0.05) is 11.6 Å². The molecule has 0 spiro atoms. The Balaban J connectivity index is 0.000000272. The van der Waals surface area contributed by atoms with Crippen molar-refractivity contribution in [3.63, 3.8) is 0 Å². The van der Waals surface area contributed by atoms with Crippen molar-refractivity contribution in [1.29, 1.82) is 0 Å². The van der Waals surface area contributed by atoms with Crippen LogP contribution in [0.3, 0.4) is 0 Å². The van der Waals surface area contributed by atoms with Crippen molar-refractivity contribution in [3.05, 3.63) is 87.4 Å². The van der Waals surface area contributed by atoms with Crippen molar-refractivity contribution in [3.8, 4) is 11.5 Å². The van der Waals surface area contributed by atoms with Crippen LogP contribution >= 0.6 is 23.2 Å². The van der Waals surface area contributed by atoms with E-state index in [0.29, 0.717) is 5.56 Å². The highest BCUT2D eigenvalue weighted by Gasteiger charge is 2.25. The van der Waals surface area contributed by atoms with E-state index in [0.717, 1.165) is 12.8 Å². The molecule has 0 bridgehead atoms. The summed E-state index contributed by atoms with van der Waals surface area (Å²) in [6.45, 7) is 0. The number of amides is 2. The fourth-order valence-electron chi connectivity index (χ4n) is 3.28. The second kappa shape index (κ2) is 12.8. The molecule has 0 atom stereocenters. The number of methoxy groups -OCH3 is 2. The van der Waals surface area contributed by atoms with E-state index in [1.54, 1.807) is 18.2 Å². The molecule has 0 saturated heterocycles. The molecule has 10 nitrogen and oxygen atoms in total. The van der Waals surface area contributed by atoms with Gasteiger partial charge in [-0.1, -0.05) is 35.3 Å². The molecule has 1 aliphatic carbocycles. The SMILES string of the molecule is COc1c(Cl)ccc(Cl)c1C(=O)O.COc1ccccc1C(=O)NS(=O)(=O)c1ccc(C(=O)NC2CC2)cc1. The molecule has 1 aliphatic rings. The second-order valence-electron chi connectivity index (χ2n) is 8.15. The first-order valence-corrected chi connectivity index (χ1v) is 13.6. The van der Waals surface area contributed by atoms with Crippen molar-refractivity contribution in [1.82, 2.24) is 10.0 Å². The summed E-state index contributed by atoms with van der Waals surface area (Å²) in [7, 11) is -1.34. The summed E-state index contributed by atoms with van der Waals surface area (Å²) in [5.74, 6) is -1.84. The van der Waals surface area contributed by atoms with Crippen molar-refractivity contribution in [2.45, 2.75) is 23.8 Å². The molecule has 4 rings (SSSR count). The molecule has 3 aromatic carbocycles. The van der Waals surface area contributed by atoms with Crippen LogP contribution in [0.5, 0.6) is 11.5 Å². The average molecular weight is 595 g/mol. The molecule has 0 unspecified atom stereocenters. The molecule has 0 radical (unpaired) electrons. The lowest BCUT2D eigenvalue weighted by atomic mass is 10.2. The largest absolute Gasteiger partial charge is 0.496 e. The number of aromatic carboxylic acids is 1. The molecule has 39 heavy (non-hydrogen) atoms. The minimum atomic E-state index is -4.07. The van der Waals surface area contributed by atoms with Gasteiger partial charge >= 0.3 is 5.97 Å². The number of sulfonamides is 1. The lowest BCUT2D eigenvalue weighted by Crippen LogP contribution is -2.31. The number of carbonyl (C=O) groups is 3. The number of carboxylic acids is 1. The summed E-state index contributed by atoms with van der Waals surface area (Å²) < 4.78 is 36.7. The van der Waals surface area contributed by atoms with E-state index in [2.05, 4.69) is 5.32 Å². The normalized spacial score (nSPS) is 12.4. The van der Waals surface area contributed by atoms with Gasteiger partial charge in [-0.25, -0.2) is 17.9 Å². The number of rotatable bonds is 8. The minimum absolute atomic E-state index is 0.0849. The van der Waals surface area contributed by atoms with Crippen LogP contribution in [0.25, 0.3) is 0 Å². The van der Waals surface area contributed by atoms with E-state index in [9.17, 15) is 22.8 Å². The van der Waals surface area contributed by atoms with Crippen molar-refractivity contribution in [2.24, 2.45) is 0 Å². The van der Waals surface area contributed by atoms with Crippen LogP contribution in [-0.4, -0.2) is 51.6 Å². The molecular formula is C26H24Cl2N2O8S. The predicted molar refractivity (Wildman–Crippen MR) is 145 cm³/mol. The Hall–Kier alpha value is -3.80. The molecule has 3 aromatic rings. The van der Waals surface area contributed by atoms with E-state index >= 15 is 0 Å². The lowest BCUT2D eigenvalue weighted by Gasteiger charge is -2.10. The Morgan fingerprint density at radius 1 is 0.872 bits per heavy atom. The van der Waals surface area contributed by atoms with Gasteiger partial charge in [0.1, 0.15) is 11.3 Å². The van der Waals surface area contributed by atoms with Crippen LogP contribution in [0.15, 0.2) is 65.6 Å². The maximum Gasteiger partial charge on any atom is 0.341 e. The number of carbonyl (C=O) groups excluding carboxylic acids is 2. The van der Waals surface area contributed by atoms with Gasteiger partial charge in [-0.15, -0.1) is 0 Å². The summed E-state index contributed by atoms with van der Waals surface area (Å²) in [4.78, 5) is 34.9. The molecule has 0 heterocycles. The van der Waals surface area contributed by atoms with Crippen LogP contribution in [0.2, 0.25) is 10.0 Å². The quantitative estimate of drug-likeness (QED) is 0.347. The van der Waals surface area contributed by atoms with Gasteiger partial charge in [0.05, 0.1) is 34.7 Å². The van der Waals surface area contributed by atoms with Crippen LogP contribution in [-0.2, 0) is 10.0 Å². The third kappa shape index (κ3) is 7.62. The Kier molecular flexibility index (Phi) is 9.79. The molecule has 0 aliphatic heterocycles. The summed E-state index contributed by atoms with van der Waals surface area (Å²) in [5, 5.41) is 11.9. The second-order valence-corrected chi connectivity index (χ2v) is 10.6. The van der Waals surface area contributed by atoms with Crippen molar-refractivity contribution < 1.29 is 37.4 Å². The fraction of sp³-hybridized carbons (Fsp3) is 0.192. The number of hydrogen-bond acceptors (Lipinski definition) is 7. The first-order chi connectivity index (χ1) is 18.5. The molecule has 1 saturated carbocycles. The summed E-state index contributed by atoms with van der Waals surface area (Å²) in [6.07, 6.45) is 1.93. The molecule has 0 aromatic heterocycles. The topological polar surface area (TPSA) is 148 Å². The van der Waals surface area contributed by atoms with E-state index in [1.165, 1.54) is 56.7 Å². The van der Waals surface area contributed by atoms with Crippen molar-refractivity contribution in [2.75, 3.05) is 14.2 Å². The standard InChI is InChI=1S/C18H18N2O5S.C8H6Cl2O3/c1-25-16-5-3-2-4-15(16)18(22)20-26(23,24)14-10-6-12(7-11-14)17(21)19-13-8-9-13;1-13-7-5(10)3-2-4(9)6(7)8(11)12/h2-7,10-11,13H,8-9H2,1H3,(H,19,21)(H,20,22);2-3H,1H3,(H,11,12). The zero-order chi connectivity index (χ0) is 28.7. The molecule has 3 N–H and O–H groups in total. The fourth-order valence-corrected chi connectivity index (χ4v) is 4.71. The van der Waals surface area contributed by atoms with Crippen molar-refractivity contribution >= 4 is 51.0 Å². The van der Waals surface area contributed by atoms with Gasteiger partial charge in [-0.05, 0) is 61.4 Å². The minimum Gasteiger partial charge on any atom is -0.496 e. The molecule has 2 amide bonds. The Bertz CT molecular complexity index is 1490. The first kappa shape index (κ1) is 29.8. The number of para-hydroxylation sites is 1. The third-order valence-electron chi connectivity index (χ3n) is 5.39. The molecule has 1 fully saturated rings. The van der Waals surface area contributed by atoms with Gasteiger partial charge in [-0.3, -0.25) is 9.59 Å². The van der Waals surface area contributed by atoms with Crippen LogP contribution < -0.4 is 19.5 Å². The van der Waals surface area contributed by atoms with Gasteiger partial charge in [-0.2, -0.15) is 0 Å².